The first kappa shape index (κ1) is 19.9. The summed E-state index contributed by atoms with van der Waals surface area (Å²) in [6.45, 7) is 0.544. The Bertz CT molecular complexity index is 1100. The van der Waals surface area contributed by atoms with Gasteiger partial charge in [-0.3, -0.25) is 0 Å². The molecule has 7 heteroatoms. The third-order valence-electron chi connectivity index (χ3n) is 5.04. The van der Waals surface area contributed by atoms with Crippen LogP contribution in [0.15, 0.2) is 71.2 Å². The van der Waals surface area contributed by atoms with Crippen LogP contribution in [0.1, 0.15) is 23.0 Å². The normalized spacial score (nSPS) is 19.1. The number of carbonyl (C=O) groups is 1. The van der Waals surface area contributed by atoms with Gasteiger partial charge in [-0.1, -0.05) is 58.4 Å². The second-order valence-electron chi connectivity index (χ2n) is 7.20. The smallest absolute Gasteiger partial charge is 0.351 e. The molecule has 6 nitrogen and oxygen atoms in total. The number of para-hydroxylation sites is 2. The van der Waals surface area contributed by atoms with Crippen molar-refractivity contribution in [2.24, 2.45) is 0 Å². The summed E-state index contributed by atoms with van der Waals surface area (Å²) >= 11 is 3.51. The average Bonchev–Trinajstić information content (AvgIpc) is 2.82. The predicted octanol–water partition coefficient (Wildman–Crippen LogP) is 4.94. The van der Waals surface area contributed by atoms with E-state index in [2.05, 4.69) is 15.9 Å². The summed E-state index contributed by atoms with van der Waals surface area (Å²) in [5.74, 6) is 1.33. The van der Waals surface area contributed by atoms with Gasteiger partial charge in [0, 0.05) is 21.2 Å². The van der Waals surface area contributed by atoms with E-state index in [1.165, 1.54) is 0 Å². The lowest BCUT2D eigenvalue weighted by Gasteiger charge is -2.29. The Balaban J connectivity index is 1.30. The van der Waals surface area contributed by atoms with Crippen molar-refractivity contribution in [1.82, 2.24) is 0 Å². The van der Waals surface area contributed by atoms with Crippen molar-refractivity contribution in [1.29, 1.82) is 0 Å². The summed E-state index contributed by atoms with van der Waals surface area (Å²) in [4.78, 5) is 12.6. The third kappa shape index (κ3) is 4.24. The Morgan fingerprint density at radius 2 is 1.77 bits per heavy atom. The second-order valence-corrected chi connectivity index (χ2v) is 8.11. The summed E-state index contributed by atoms with van der Waals surface area (Å²) in [7, 11) is 0. The number of esters is 1. The van der Waals surface area contributed by atoms with Crippen LogP contribution in [0.5, 0.6) is 17.2 Å². The van der Waals surface area contributed by atoms with Gasteiger partial charge in [-0.2, -0.15) is 0 Å². The molecule has 3 aromatic rings. The first-order valence-electron chi connectivity index (χ1n) is 9.87. The number of hydrogen-bond donors (Lipinski definition) is 0. The molecule has 0 spiro atoms. The Hall–Kier alpha value is -3.03. The summed E-state index contributed by atoms with van der Waals surface area (Å²) in [5.41, 5.74) is 2.56. The summed E-state index contributed by atoms with van der Waals surface area (Å²) < 4.78 is 29.8. The fourth-order valence-electron chi connectivity index (χ4n) is 3.54. The van der Waals surface area contributed by atoms with E-state index < -0.39 is 18.4 Å². The molecule has 0 unspecified atom stereocenters. The van der Waals surface area contributed by atoms with E-state index in [9.17, 15) is 4.79 Å². The van der Waals surface area contributed by atoms with Crippen LogP contribution in [0, 0.1) is 0 Å². The van der Waals surface area contributed by atoms with E-state index >= 15 is 0 Å². The maximum absolute atomic E-state index is 12.6. The van der Waals surface area contributed by atoms with Crippen LogP contribution in [0.25, 0.3) is 0 Å². The zero-order chi connectivity index (χ0) is 21.2. The maximum atomic E-state index is 12.6. The Kier molecular flexibility index (Phi) is 5.53. The number of rotatable bonds is 4. The van der Waals surface area contributed by atoms with E-state index in [1.54, 1.807) is 12.1 Å². The highest BCUT2D eigenvalue weighted by Gasteiger charge is 2.30. The van der Waals surface area contributed by atoms with Crippen molar-refractivity contribution in [3.05, 3.63) is 87.9 Å². The molecule has 2 atom stereocenters. The van der Waals surface area contributed by atoms with Gasteiger partial charge in [-0.05, 0) is 24.3 Å². The monoisotopic (exact) mass is 482 g/mol. The average molecular weight is 483 g/mol. The number of fused-ring (bicyclic) bond motifs is 2. The van der Waals surface area contributed by atoms with Crippen molar-refractivity contribution in [2.75, 3.05) is 6.61 Å². The first-order chi connectivity index (χ1) is 15.2. The van der Waals surface area contributed by atoms with E-state index in [1.807, 2.05) is 54.6 Å². The molecule has 31 heavy (non-hydrogen) atoms. The largest absolute Gasteiger partial charge is 0.485 e. The van der Waals surface area contributed by atoms with Gasteiger partial charge in [-0.25, -0.2) is 4.79 Å². The number of ether oxygens (including phenoxy) is 5. The molecule has 0 radical (unpaired) electrons. The van der Waals surface area contributed by atoms with Gasteiger partial charge in [0.25, 0.3) is 0 Å². The maximum Gasteiger partial charge on any atom is 0.351 e. The predicted molar refractivity (Wildman–Crippen MR) is 115 cm³/mol. The molecule has 3 aromatic carbocycles. The SMILES string of the molecule is O=C(OCc1cc(Br)cc2c1O[C@@H](c1ccccc1)OC2)[C@@H]1COc2ccccc2O1. The van der Waals surface area contributed by atoms with Crippen LogP contribution in [0.4, 0.5) is 0 Å². The van der Waals surface area contributed by atoms with Gasteiger partial charge >= 0.3 is 5.97 Å². The van der Waals surface area contributed by atoms with Gasteiger partial charge in [0.05, 0.1) is 6.61 Å². The van der Waals surface area contributed by atoms with Gasteiger partial charge in [-0.15, -0.1) is 0 Å². The molecule has 158 valence electrons. The molecule has 0 aromatic heterocycles. The molecule has 0 aliphatic carbocycles. The van der Waals surface area contributed by atoms with Crippen molar-refractivity contribution in [3.63, 3.8) is 0 Å². The van der Waals surface area contributed by atoms with Crippen LogP contribution in [-0.2, 0) is 27.5 Å². The molecule has 2 aliphatic rings. The second kappa shape index (κ2) is 8.61. The highest BCUT2D eigenvalue weighted by molar-refractivity contribution is 9.10. The van der Waals surface area contributed by atoms with Crippen molar-refractivity contribution in [2.45, 2.75) is 25.6 Å². The number of hydrogen-bond acceptors (Lipinski definition) is 6. The minimum atomic E-state index is -0.820. The summed E-state index contributed by atoms with van der Waals surface area (Å²) in [6, 6.07) is 20.8. The molecule has 0 bridgehead atoms. The lowest BCUT2D eigenvalue weighted by atomic mass is 10.1. The minimum Gasteiger partial charge on any atom is -0.485 e. The number of carbonyl (C=O) groups excluding carboxylic acids is 1. The van der Waals surface area contributed by atoms with Crippen LogP contribution >= 0.6 is 15.9 Å². The topological polar surface area (TPSA) is 63.2 Å². The Morgan fingerprint density at radius 1 is 1.00 bits per heavy atom. The molecule has 0 saturated heterocycles. The highest BCUT2D eigenvalue weighted by atomic mass is 79.9. The van der Waals surface area contributed by atoms with Gasteiger partial charge in [0.1, 0.15) is 19.0 Å². The molecule has 0 N–H and O–H groups in total. The fraction of sp³-hybridized carbons (Fsp3) is 0.208. The van der Waals surface area contributed by atoms with Crippen LogP contribution in [0.2, 0.25) is 0 Å². The van der Waals surface area contributed by atoms with Gasteiger partial charge < -0.3 is 23.7 Å². The van der Waals surface area contributed by atoms with Gasteiger partial charge in [0.15, 0.2) is 11.5 Å². The first-order valence-corrected chi connectivity index (χ1v) is 10.7. The fourth-order valence-corrected chi connectivity index (χ4v) is 4.09. The third-order valence-corrected chi connectivity index (χ3v) is 5.49. The lowest BCUT2D eigenvalue weighted by molar-refractivity contribution is -0.156. The molecule has 2 heterocycles. The molecule has 0 saturated carbocycles. The standard InChI is InChI=1S/C24H19BrO6/c25-18-10-16(12-28-23(26)21-14-27-19-8-4-5-9-20(19)30-21)22-17(11-18)13-29-24(31-22)15-6-2-1-3-7-15/h1-11,21,24H,12-14H2/t21-,24-/m0/s1. The van der Waals surface area contributed by atoms with E-state index in [0.717, 1.165) is 21.2 Å². The Labute approximate surface area is 187 Å². The van der Waals surface area contributed by atoms with E-state index in [4.69, 9.17) is 23.7 Å². The van der Waals surface area contributed by atoms with Crippen molar-refractivity contribution >= 4 is 21.9 Å². The molecule has 2 aliphatic heterocycles. The zero-order valence-electron chi connectivity index (χ0n) is 16.5. The van der Waals surface area contributed by atoms with Crippen LogP contribution < -0.4 is 14.2 Å². The summed E-state index contributed by atoms with van der Waals surface area (Å²) in [6.07, 6.45) is -1.34. The van der Waals surface area contributed by atoms with E-state index in [-0.39, 0.29) is 13.2 Å². The van der Waals surface area contributed by atoms with E-state index in [0.29, 0.717) is 23.9 Å². The van der Waals surface area contributed by atoms with Crippen LogP contribution in [-0.4, -0.2) is 18.7 Å². The molecule has 5 rings (SSSR count). The molecular weight excluding hydrogens is 464 g/mol. The quantitative estimate of drug-likeness (QED) is 0.490. The molecular formula is C24H19BrO6. The number of benzene rings is 3. The number of halogens is 1. The summed E-state index contributed by atoms with van der Waals surface area (Å²) in [5, 5.41) is 0. The highest BCUT2D eigenvalue weighted by Crippen LogP contribution is 2.38. The molecule has 0 fully saturated rings. The lowest BCUT2D eigenvalue weighted by Crippen LogP contribution is -2.37. The van der Waals surface area contributed by atoms with Crippen LogP contribution in [0.3, 0.4) is 0 Å². The Morgan fingerprint density at radius 3 is 2.61 bits per heavy atom. The van der Waals surface area contributed by atoms with Gasteiger partial charge in [0.2, 0.25) is 12.4 Å². The zero-order valence-corrected chi connectivity index (χ0v) is 18.0. The van der Waals surface area contributed by atoms with Crippen molar-refractivity contribution < 1.29 is 28.5 Å². The van der Waals surface area contributed by atoms with Crippen molar-refractivity contribution in [3.8, 4) is 17.2 Å². The minimum absolute atomic E-state index is 0.0453. The molecule has 0 amide bonds.